The summed E-state index contributed by atoms with van der Waals surface area (Å²) < 4.78 is 36.3. The topological polar surface area (TPSA) is 100 Å². The van der Waals surface area contributed by atoms with Crippen molar-refractivity contribution in [3.8, 4) is 0 Å². The summed E-state index contributed by atoms with van der Waals surface area (Å²) in [5.41, 5.74) is -0.417. The van der Waals surface area contributed by atoms with Crippen LogP contribution in [0, 0.1) is 23.7 Å². The molecule has 8 nitrogen and oxygen atoms in total. The van der Waals surface area contributed by atoms with Gasteiger partial charge in [-0.05, 0) is 62.2 Å². The second kappa shape index (κ2) is 8.32. The molecule has 0 aromatic rings. The third-order valence-corrected chi connectivity index (χ3v) is 8.52. The maximum absolute atomic E-state index is 12.4. The minimum absolute atomic E-state index is 0.373. The SMILES string of the molecule is CCC1(OC(=O)CNS(=O)(=O)CSOOOC)C2CC3CC(C2)CC1C3. The molecule has 4 aliphatic rings. The van der Waals surface area contributed by atoms with Gasteiger partial charge in [0, 0.05) is 0 Å². The molecule has 0 aromatic heterocycles. The zero-order valence-corrected chi connectivity index (χ0v) is 16.8. The quantitative estimate of drug-likeness (QED) is 0.193. The van der Waals surface area contributed by atoms with Gasteiger partial charge in [-0.1, -0.05) is 12.0 Å². The van der Waals surface area contributed by atoms with Crippen molar-refractivity contribution in [3.63, 3.8) is 0 Å². The van der Waals surface area contributed by atoms with Crippen molar-refractivity contribution in [2.75, 3.05) is 18.7 Å². The Hall–Kier alpha value is -0.390. The maximum atomic E-state index is 12.4. The lowest BCUT2D eigenvalue weighted by Gasteiger charge is -2.60. The van der Waals surface area contributed by atoms with Gasteiger partial charge in [0.2, 0.25) is 10.0 Å². The normalized spacial score (nSPS) is 35.6. The number of sulfonamides is 1. The Morgan fingerprint density at radius 2 is 1.77 bits per heavy atom. The molecule has 0 heterocycles. The van der Waals surface area contributed by atoms with Crippen molar-refractivity contribution in [3.05, 3.63) is 0 Å². The van der Waals surface area contributed by atoms with E-state index in [0.717, 1.165) is 43.9 Å². The van der Waals surface area contributed by atoms with E-state index in [1.54, 1.807) is 0 Å². The molecule has 0 amide bonds. The summed E-state index contributed by atoms with van der Waals surface area (Å²) in [4.78, 5) is 16.6. The van der Waals surface area contributed by atoms with Gasteiger partial charge >= 0.3 is 5.97 Å². The highest BCUT2D eigenvalue weighted by molar-refractivity contribution is 8.09. The summed E-state index contributed by atoms with van der Waals surface area (Å²) in [6, 6.07) is 0. The lowest BCUT2D eigenvalue weighted by atomic mass is 9.49. The molecule has 26 heavy (non-hydrogen) atoms. The van der Waals surface area contributed by atoms with Crippen LogP contribution in [-0.2, 0) is 33.8 Å². The number of carbonyl (C=O) groups is 1. The van der Waals surface area contributed by atoms with Gasteiger partial charge < -0.3 is 4.74 Å². The smallest absolute Gasteiger partial charge is 0.321 e. The molecule has 0 atom stereocenters. The third kappa shape index (κ3) is 4.36. The Balaban J connectivity index is 1.52. The lowest BCUT2D eigenvalue weighted by Crippen LogP contribution is -2.59. The molecular weight excluding hydrogens is 382 g/mol. The highest BCUT2D eigenvalue weighted by Crippen LogP contribution is 2.60. The van der Waals surface area contributed by atoms with Crippen LogP contribution in [0.25, 0.3) is 0 Å². The molecule has 4 fully saturated rings. The molecule has 4 bridgehead atoms. The molecule has 0 saturated heterocycles. The first-order valence-electron chi connectivity index (χ1n) is 9.06. The Kier molecular flexibility index (Phi) is 6.51. The van der Waals surface area contributed by atoms with Crippen molar-refractivity contribution < 1.29 is 32.2 Å². The molecule has 0 aromatic carbocycles. The fourth-order valence-electron chi connectivity index (χ4n) is 5.39. The van der Waals surface area contributed by atoms with Crippen molar-refractivity contribution in [2.45, 2.75) is 51.0 Å². The van der Waals surface area contributed by atoms with Gasteiger partial charge in [-0.25, -0.2) is 18.0 Å². The summed E-state index contributed by atoms with van der Waals surface area (Å²) >= 11 is 0.545. The standard InChI is InChI=1S/C16H27NO7S2/c1-3-16(13-5-11-4-12(7-13)8-14(16)6-11)22-15(18)9-17-26(19,20)10-25-24-23-21-2/h11-14,17H,3-10H2,1-2H3. The van der Waals surface area contributed by atoms with Crippen LogP contribution < -0.4 is 4.72 Å². The van der Waals surface area contributed by atoms with Gasteiger partial charge in [0.05, 0.1) is 19.2 Å². The Morgan fingerprint density at radius 1 is 1.15 bits per heavy atom. The van der Waals surface area contributed by atoms with E-state index in [0.29, 0.717) is 23.9 Å². The van der Waals surface area contributed by atoms with E-state index >= 15 is 0 Å². The number of hydrogen-bond donors (Lipinski definition) is 1. The van der Waals surface area contributed by atoms with Crippen LogP contribution in [0.2, 0.25) is 0 Å². The second-order valence-electron chi connectivity index (χ2n) is 7.56. The predicted molar refractivity (Wildman–Crippen MR) is 94.7 cm³/mol. The highest BCUT2D eigenvalue weighted by Gasteiger charge is 2.58. The lowest BCUT2D eigenvalue weighted by molar-refractivity contribution is -0.447. The number of esters is 1. The van der Waals surface area contributed by atoms with Crippen LogP contribution in [0.15, 0.2) is 0 Å². The highest BCUT2D eigenvalue weighted by atomic mass is 32.3. The summed E-state index contributed by atoms with van der Waals surface area (Å²) in [6.07, 6.45) is 6.65. The molecule has 0 radical (unpaired) electrons. The number of carbonyl (C=O) groups excluding carboxylic acids is 1. The second-order valence-corrected chi connectivity index (χ2v) is 10.4. The fraction of sp³-hybridized carbons (Fsp3) is 0.938. The van der Waals surface area contributed by atoms with Gasteiger partial charge in [0.1, 0.15) is 17.2 Å². The third-order valence-electron chi connectivity index (χ3n) is 6.16. The van der Waals surface area contributed by atoms with E-state index in [4.69, 9.17) is 4.74 Å². The van der Waals surface area contributed by atoms with Crippen molar-refractivity contribution in [2.24, 2.45) is 23.7 Å². The van der Waals surface area contributed by atoms with E-state index in [1.807, 2.05) is 0 Å². The molecule has 0 unspecified atom stereocenters. The van der Waals surface area contributed by atoms with Gasteiger partial charge in [-0.2, -0.15) is 0 Å². The van der Waals surface area contributed by atoms with Crippen LogP contribution in [0.5, 0.6) is 0 Å². The van der Waals surface area contributed by atoms with E-state index in [1.165, 1.54) is 13.5 Å². The number of rotatable bonds is 10. The molecule has 1 N–H and O–H groups in total. The zero-order chi connectivity index (χ0) is 18.8. The number of nitrogens with one attached hydrogen (secondary N) is 1. The van der Waals surface area contributed by atoms with Crippen LogP contribution in [-0.4, -0.2) is 38.7 Å². The molecule has 4 rings (SSSR count). The average molecular weight is 410 g/mol. The van der Waals surface area contributed by atoms with Gasteiger partial charge in [0.15, 0.2) is 0 Å². The van der Waals surface area contributed by atoms with Gasteiger partial charge in [0.25, 0.3) is 0 Å². The Labute approximate surface area is 158 Å². The minimum atomic E-state index is -3.69. The van der Waals surface area contributed by atoms with Crippen LogP contribution in [0.4, 0.5) is 0 Å². The van der Waals surface area contributed by atoms with Gasteiger partial charge in [-0.3, -0.25) is 4.79 Å². The monoisotopic (exact) mass is 409 g/mol. The van der Waals surface area contributed by atoms with E-state index in [2.05, 4.69) is 25.9 Å². The molecule has 0 aliphatic heterocycles. The summed E-state index contributed by atoms with van der Waals surface area (Å²) in [7, 11) is -2.46. The molecular formula is C16H27NO7S2. The first kappa shape index (κ1) is 20.3. The van der Waals surface area contributed by atoms with Crippen molar-refractivity contribution in [1.29, 1.82) is 0 Å². The predicted octanol–water partition coefficient (Wildman–Crippen LogP) is 2.17. The van der Waals surface area contributed by atoms with Crippen molar-refractivity contribution in [1.82, 2.24) is 4.72 Å². The largest absolute Gasteiger partial charge is 0.458 e. The maximum Gasteiger partial charge on any atom is 0.321 e. The summed E-state index contributed by atoms with van der Waals surface area (Å²) in [5, 5.41) is 3.70. The molecule has 4 aliphatic carbocycles. The first-order chi connectivity index (χ1) is 12.4. The number of hydrogen-bond acceptors (Lipinski definition) is 8. The van der Waals surface area contributed by atoms with E-state index in [-0.39, 0.29) is 6.54 Å². The van der Waals surface area contributed by atoms with E-state index in [9.17, 15) is 13.2 Å². The van der Waals surface area contributed by atoms with Gasteiger partial charge in [-0.15, -0.1) is 4.33 Å². The van der Waals surface area contributed by atoms with Crippen LogP contribution in [0.1, 0.15) is 45.4 Å². The van der Waals surface area contributed by atoms with Crippen molar-refractivity contribution >= 4 is 28.0 Å². The first-order valence-corrected chi connectivity index (χ1v) is 11.6. The zero-order valence-electron chi connectivity index (χ0n) is 15.1. The molecule has 10 heteroatoms. The van der Waals surface area contributed by atoms with Crippen LogP contribution in [0.3, 0.4) is 0 Å². The minimum Gasteiger partial charge on any atom is -0.458 e. The molecule has 4 saturated carbocycles. The Bertz CT molecular complexity index is 582. The number of ether oxygens (including phenoxy) is 1. The Morgan fingerprint density at radius 3 is 2.31 bits per heavy atom. The summed E-state index contributed by atoms with van der Waals surface area (Å²) in [6.45, 7) is 1.70. The molecule has 0 spiro atoms. The average Bonchev–Trinajstić information content (AvgIpc) is 2.60. The fourth-order valence-corrected chi connectivity index (χ4v) is 6.82. The van der Waals surface area contributed by atoms with E-state index < -0.39 is 26.7 Å². The summed E-state index contributed by atoms with van der Waals surface area (Å²) in [5.74, 6) is 1.88. The van der Waals surface area contributed by atoms with Crippen LogP contribution >= 0.6 is 12.0 Å². The molecule has 150 valence electrons.